The van der Waals surface area contributed by atoms with Gasteiger partial charge in [0.2, 0.25) is 21.8 Å². The molecular weight excluding hydrogens is 654 g/mol. The molecule has 5 amide bonds. The number of anilines is 1. The van der Waals surface area contributed by atoms with Gasteiger partial charge in [0.25, 0.3) is 5.91 Å². The molecule has 0 radical (unpaired) electrons. The molecule has 3 fully saturated rings. The first-order chi connectivity index (χ1) is 22.8. The fourth-order valence-corrected chi connectivity index (χ4v) is 7.73. The van der Waals surface area contributed by atoms with E-state index in [1.165, 1.54) is 15.9 Å². The van der Waals surface area contributed by atoms with E-state index in [1.54, 1.807) is 41.5 Å². The van der Waals surface area contributed by atoms with Crippen molar-refractivity contribution in [2.45, 2.75) is 108 Å². The lowest BCUT2D eigenvalue weighted by atomic mass is 9.85. The number of nitrogens with zero attached hydrogens (tertiary/aromatic N) is 2. The summed E-state index contributed by atoms with van der Waals surface area (Å²) in [7, 11) is -3.91. The number of hydrogen-bond acceptors (Lipinski definition) is 9. The van der Waals surface area contributed by atoms with E-state index in [4.69, 9.17) is 9.47 Å². The first-order valence-electron chi connectivity index (χ1n) is 16.6. The molecule has 15 heteroatoms. The van der Waals surface area contributed by atoms with Crippen molar-refractivity contribution in [2.24, 2.45) is 11.3 Å². The standard InChI is InChI=1S/C34H47N5O9S/c1-8-21-18-34(21,29(42)37-49(45,46)23-13-14-23)36-27(40)25-17-22(47-31(44)38-16-15-20-11-9-10-12-24(20)38)19-39(25)28(41)26(32(2,3)4)35-30(43)48-33(5,6)7/h8-12,21-23,25-26H,1,13-19H2,2-7H3,(H,35,43)(H,36,40)(H,37,42)/t21?,22-,25?,26-,34-/m1/s1. The highest BCUT2D eigenvalue weighted by Gasteiger charge is 2.62. The average molecular weight is 702 g/mol. The topological polar surface area (TPSA) is 181 Å². The van der Waals surface area contributed by atoms with Gasteiger partial charge in [-0.05, 0) is 63.5 Å². The average Bonchev–Trinajstić information content (AvgIpc) is 3.89. The number of carbonyl (C=O) groups is 5. The SMILES string of the molecule is C=CC1C[C@]1(NC(=O)C1C[C@@H](OC(=O)N2CCc3ccccc32)CN1C(=O)[C@@H](NC(=O)OC(C)(C)C)C(C)(C)C)C(=O)NS(=O)(=O)C1CC1. The van der Waals surface area contributed by atoms with Crippen LogP contribution < -0.4 is 20.3 Å². The van der Waals surface area contributed by atoms with Crippen molar-refractivity contribution < 1.29 is 41.9 Å². The fraction of sp³-hybridized carbons (Fsp3) is 0.618. The molecule has 5 rings (SSSR count). The number of rotatable bonds is 9. The molecule has 1 aromatic carbocycles. The van der Waals surface area contributed by atoms with E-state index in [9.17, 15) is 32.4 Å². The number of sulfonamides is 1. The normalized spacial score (nSPS) is 25.5. The second-order valence-corrected chi connectivity index (χ2v) is 17.4. The predicted molar refractivity (Wildman–Crippen MR) is 180 cm³/mol. The monoisotopic (exact) mass is 701 g/mol. The molecule has 5 atom stereocenters. The van der Waals surface area contributed by atoms with E-state index >= 15 is 0 Å². The minimum absolute atomic E-state index is 0.0983. The molecule has 3 N–H and O–H groups in total. The molecule has 2 unspecified atom stereocenters. The van der Waals surface area contributed by atoms with Crippen LogP contribution in [0.3, 0.4) is 0 Å². The first-order valence-corrected chi connectivity index (χ1v) is 18.2. The summed E-state index contributed by atoms with van der Waals surface area (Å²) in [6.45, 7) is 14.3. The largest absolute Gasteiger partial charge is 0.444 e. The summed E-state index contributed by atoms with van der Waals surface area (Å²) in [4.78, 5) is 70.8. The van der Waals surface area contributed by atoms with Crippen LogP contribution in [0, 0.1) is 11.3 Å². The van der Waals surface area contributed by atoms with Crippen LogP contribution >= 0.6 is 0 Å². The van der Waals surface area contributed by atoms with Crippen LogP contribution in [0.25, 0.3) is 0 Å². The van der Waals surface area contributed by atoms with Gasteiger partial charge < -0.3 is 25.0 Å². The Morgan fingerprint density at radius 1 is 1.06 bits per heavy atom. The fourth-order valence-electron chi connectivity index (χ4n) is 6.37. The van der Waals surface area contributed by atoms with Gasteiger partial charge in [-0.25, -0.2) is 18.0 Å². The molecule has 0 bridgehead atoms. The summed E-state index contributed by atoms with van der Waals surface area (Å²) in [5, 5.41) is 4.72. The highest BCUT2D eigenvalue weighted by Crippen LogP contribution is 2.45. The van der Waals surface area contributed by atoms with Gasteiger partial charge in [0.05, 0.1) is 17.5 Å². The zero-order chi connectivity index (χ0) is 36.1. The van der Waals surface area contributed by atoms with Crippen molar-refractivity contribution in [1.82, 2.24) is 20.3 Å². The Kier molecular flexibility index (Phi) is 9.56. The first kappa shape index (κ1) is 36.1. The lowest BCUT2D eigenvalue weighted by Crippen LogP contribution is -2.60. The maximum absolute atomic E-state index is 14.3. The molecule has 268 valence electrons. The zero-order valence-electron chi connectivity index (χ0n) is 28.9. The van der Waals surface area contributed by atoms with Gasteiger partial charge in [-0.3, -0.25) is 24.0 Å². The Morgan fingerprint density at radius 3 is 2.33 bits per heavy atom. The number of amides is 5. The van der Waals surface area contributed by atoms with Crippen molar-refractivity contribution in [3.05, 3.63) is 42.5 Å². The van der Waals surface area contributed by atoms with Crippen LogP contribution in [0.2, 0.25) is 0 Å². The highest BCUT2D eigenvalue weighted by atomic mass is 32.2. The molecule has 14 nitrogen and oxygen atoms in total. The van der Waals surface area contributed by atoms with Crippen molar-refractivity contribution in [1.29, 1.82) is 0 Å². The number of carbonyl (C=O) groups excluding carboxylic acids is 5. The van der Waals surface area contributed by atoms with E-state index in [0.29, 0.717) is 25.8 Å². The number of hydrogen-bond donors (Lipinski definition) is 3. The molecule has 0 aromatic heterocycles. The second kappa shape index (κ2) is 13.0. The van der Waals surface area contributed by atoms with E-state index < -0.39 is 85.8 Å². The Bertz CT molecular complexity index is 1650. The summed E-state index contributed by atoms with van der Waals surface area (Å²) >= 11 is 0. The summed E-state index contributed by atoms with van der Waals surface area (Å²) in [6, 6.07) is 5.08. The van der Waals surface area contributed by atoms with E-state index in [1.807, 2.05) is 24.3 Å². The molecule has 0 spiro atoms. The summed E-state index contributed by atoms with van der Waals surface area (Å²) in [6.07, 6.45) is 0.680. The van der Waals surface area contributed by atoms with Gasteiger partial charge in [-0.1, -0.05) is 45.0 Å². The van der Waals surface area contributed by atoms with Crippen molar-refractivity contribution in [3.8, 4) is 0 Å². The lowest BCUT2D eigenvalue weighted by molar-refractivity contribution is -0.143. The third-order valence-electron chi connectivity index (χ3n) is 9.25. The number of fused-ring (bicyclic) bond motifs is 1. The van der Waals surface area contributed by atoms with Crippen molar-refractivity contribution >= 4 is 45.6 Å². The van der Waals surface area contributed by atoms with Gasteiger partial charge in [0, 0.05) is 18.9 Å². The minimum Gasteiger partial charge on any atom is -0.444 e. The van der Waals surface area contributed by atoms with Crippen LogP contribution in [0.1, 0.15) is 72.8 Å². The molecule has 1 saturated heterocycles. The molecule has 1 aromatic rings. The summed E-state index contributed by atoms with van der Waals surface area (Å²) in [5.41, 5.74) is -1.55. The minimum atomic E-state index is -3.91. The van der Waals surface area contributed by atoms with E-state index in [-0.39, 0.29) is 19.4 Å². The van der Waals surface area contributed by atoms with Gasteiger partial charge in [-0.15, -0.1) is 6.58 Å². The van der Waals surface area contributed by atoms with Gasteiger partial charge >= 0.3 is 12.2 Å². The van der Waals surface area contributed by atoms with Gasteiger partial charge in [0.15, 0.2) is 0 Å². The zero-order valence-corrected chi connectivity index (χ0v) is 29.7. The van der Waals surface area contributed by atoms with Crippen LogP contribution in [0.4, 0.5) is 15.3 Å². The molecular formula is C34H47N5O9S. The van der Waals surface area contributed by atoms with Crippen LogP contribution in [-0.4, -0.2) is 90.9 Å². The summed E-state index contributed by atoms with van der Waals surface area (Å²) < 4.78 is 38.6. The Hall–Kier alpha value is -4.14. The number of ether oxygens (including phenoxy) is 2. The summed E-state index contributed by atoms with van der Waals surface area (Å²) in [5.74, 6) is -2.76. The third kappa shape index (κ3) is 7.86. The molecule has 49 heavy (non-hydrogen) atoms. The molecule has 2 aliphatic carbocycles. The maximum Gasteiger partial charge on any atom is 0.414 e. The number of para-hydroxylation sites is 1. The lowest BCUT2D eigenvalue weighted by Gasteiger charge is -2.36. The van der Waals surface area contributed by atoms with Crippen LogP contribution in [-0.2, 0) is 40.3 Å². The van der Waals surface area contributed by atoms with Crippen molar-refractivity contribution in [2.75, 3.05) is 18.0 Å². The third-order valence-corrected chi connectivity index (χ3v) is 11.1. The highest BCUT2D eigenvalue weighted by molar-refractivity contribution is 7.91. The van der Waals surface area contributed by atoms with Crippen molar-refractivity contribution in [3.63, 3.8) is 0 Å². The Morgan fingerprint density at radius 2 is 1.73 bits per heavy atom. The van der Waals surface area contributed by atoms with Crippen LogP contribution in [0.5, 0.6) is 0 Å². The molecule has 2 aliphatic heterocycles. The molecule has 2 saturated carbocycles. The number of likely N-dealkylation sites (tertiary alicyclic amines) is 1. The van der Waals surface area contributed by atoms with Crippen LogP contribution in [0.15, 0.2) is 36.9 Å². The number of alkyl carbamates (subject to hydrolysis) is 1. The van der Waals surface area contributed by atoms with Gasteiger partial charge in [0.1, 0.15) is 29.3 Å². The Labute approximate surface area is 287 Å². The second-order valence-electron chi connectivity index (χ2n) is 15.4. The van der Waals surface area contributed by atoms with E-state index in [0.717, 1.165) is 11.3 Å². The number of benzene rings is 1. The smallest absolute Gasteiger partial charge is 0.414 e. The maximum atomic E-state index is 14.3. The van der Waals surface area contributed by atoms with E-state index in [2.05, 4.69) is 21.9 Å². The predicted octanol–water partition coefficient (Wildman–Crippen LogP) is 2.76. The number of nitrogens with one attached hydrogen (secondary N) is 3. The molecule has 2 heterocycles. The molecule has 4 aliphatic rings. The van der Waals surface area contributed by atoms with Gasteiger partial charge in [-0.2, -0.15) is 0 Å². The quantitative estimate of drug-likeness (QED) is 0.327. The Balaban J connectivity index is 1.39.